The van der Waals surface area contributed by atoms with Gasteiger partial charge >= 0.3 is 0 Å². The lowest BCUT2D eigenvalue weighted by atomic mass is 10.1. The molecule has 2 aliphatic rings. The second kappa shape index (κ2) is 6.36. The molecule has 2 fully saturated rings. The highest BCUT2D eigenvalue weighted by atomic mass is 16.5. The molecule has 1 saturated carbocycles. The number of amides is 1. The molecule has 1 aliphatic carbocycles. The summed E-state index contributed by atoms with van der Waals surface area (Å²) in [7, 11) is 0. The Balaban J connectivity index is 1.60. The summed E-state index contributed by atoms with van der Waals surface area (Å²) in [5, 5.41) is 6.28. The number of hydrogen-bond donors (Lipinski definition) is 2. The Kier molecular flexibility index (Phi) is 4.80. The molecule has 17 heavy (non-hydrogen) atoms. The largest absolute Gasteiger partial charge is 0.375 e. The van der Waals surface area contributed by atoms with E-state index < -0.39 is 0 Å². The lowest BCUT2D eigenvalue weighted by Gasteiger charge is -2.23. The summed E-state index contributed by atoms with van der Waals surface area (Å²) in [6, 6.07) is 0. The molecular formula is C13H24N2O2. The van der Waals surface area contributed by atoms with Gasteiger partial charge < -0.3 is 15.4 Å². The second-order valence-corrected chi connectivity index (χ2v) is 5.49. The van der Waals surface area contributed by atoms with Crippen LogP contribution in [0.1, 0.15) is 32.6 Å². The zero-order chi connectivity index (χ0) is 12.1. The normalized spacial score (nSPS) is 33.6. The summed E-state index contributed by atoms with van der Waals surface area (Å²) in [6.45, 7) is 5.57. The zero-order valence-electron chi connectivity index (χ0n) is 10.7. The Bertz CT molecular complexity index is 252. The first-order chi connectivity index (χ1) is 8.24. The molecule has 4 nitrogen and oxygen atoms in total. The molecule has 0 aromatic rings. The van der Waals surface area contributed by atoms with Crippen LogP contribution < -0.4 is 10.6 Å². The first-order valence-corrected chi connectivity index (χ1v) is 6.83. The van der Waals surface area contributed by atoms with Gasteiger partial charge in [-0.25, -0.2) is 0 Å². The van der Waals surface area contributed by atoms with Crippen LogP contribution in [0.2, 0.25) is 0 Å². The van der Waals surface area contributed by atoms with Crippen molar-refractivity contribution in [1.29, 1.82) is 0 Å². The third kappa shape index (κ3) is 4.28. The minimum Gasteiger partial charge on any atom is -0.375 e. The average Bonchev–Trinajstić information content (AvgIpc) is 2.74. The molecule has 3 unspecified atom stereocenters. The van der Waals surface area contributed by atoms with Crippen LogP contribution in [0.5, 0.6) is 0 Å². The quantitative estimate of drug-likeness (QED) is 0.768. The van der Waals surface area contributed by atoms with Crippen LogP contribution in [0, 0.1) is 11.8 Å². The fourth-order valence-electron chi connectivity index (χ4n) is 2.80. The maximum Gasteiger partial charge on any atom is 0.222 e. The number of ether oxygens (including phenoxy) is 1. The van der Waals surface area contributed by atoms with E-state index in [0.717, 1.165) is 32.2 Å². The smallest absolute Gasteiger partial charge is 0.222 e. The molecule has 0 aromatic heterocycles. The fourth-order valence-corrected chi connectivity index (χ4v) is 2.80. The van der Waals surface area contributed by atoms with Crippen molar-refractivity contribution < 1.29 is 9.53 Å². The molecule has 2 rings (SSSR count). The number of hydrogen-bond acceptors (Lipinski definition) is 3. The molecule has 98 valence electrons. The van der Waals surface area contributed by atoms with Gasteiger partial charge in [-0.3, -0.25) is 4.79 Å². The van der Waals surface area contributed by atoms with Crippen molar-refractivity contribution in [2.24, 2.45) is 11.8 Å². The van der Waals surface area contributed by atoms with E-state index in [2.05, 4.69) is 17.6 Å². The van der Waals surface area contributed by atoms with Gasteiger partial charge in [-0.2, -0.15) is 0 Å². The van der Waals surface area contributed by atoms with Crippen molar-refractivity contribution in [2.45, 2.75) is 38.7 Å². The zero-order valence-corrected chi connectivity index (χ0v) is 10.7. The molecule has 0 bridgehead atoms. The van der Waals surface area contributed by atoms with Crippen LogP contribution in [0.25, 0.3) is 0 Å². The Hall–Kier alpha value is -0.610. The van der Waals surface area contributed by atoms with Crippen molar-refractivity contribution in [2.75, 3.05) is 26.2 Å². The van der Waals surface area contributed by atoms with Crippen LogP contribution in [-0.4, -0.2) is 38.3 Å². The maximum absolute atomic E-state index is 11.7. The number of morpholine rings is 1. The molecule has 4 heteroatoms. The van der Waals surface area contributed by atoms with E-state index in [-0.39, 0.29) is 12.0 Å². The van der Waals surface area contributed by atoms with Gasteiger partial charge in [0.2, 0.25) is 5.91 Å². The standard InChI is InChI=1S/C13H24N2O2/c1-10-2-3-11(6-10)8-15-13(16)7-12-9-14-4-5-17-12/h10-12,14H,2-9H2,1H3,(H,15,16). The first kappa shape index (κ1) is 12.8. The number of carbonyl (C=O) groups is 1. The summed E-state index contributed by atoms with van der Waals surface area (Å²) in [6.07, 6.45) is 4.40. The molecule has 2 N–H and O–H groups in total. The lowest BCUT2D eigenvalue weighted by molar-refractivity contribution is -0.124. The molecule has 1 amide bonds. The molecular weight excluding hydrogens is 216 g/mol. The lowest BCUT2D eigenvalue weighted by Crippen LogP contribution is -2.42. The SMILES string of the molecule is CC1CCC(CNC(=O)CC2CNCCO2)C1. The van der Waals surface area contributed by atoms with Crippen LogP contribution in [0.4, 0.5) is 0 Å². The fraction of sp³-hybridized carbons (Fsp3) is 0.923. The predicted molar refractivity (Wildman–Crippen MR) is 66.7 cm³/mol. The Labute approximate surface area is 103 Å². The number of rotatable bonds is 4. The third-order valence-electron chi connectivity index (χ3n) is 3.81. The highest BCUT2D eigenvalue weighted by Crippen LogP contribution is 2.29. The highest BCUT2D eigenvalue weighted by Gasteiger charge is 2.22. The van der Waals surface area contributed by atoms with Crippen molar-refractivity contribution in [3.8, 4) is 0 Å². The summed E-state index contributed by atoms with van der Waals surface area (Å²) >= 11 is 0. The first-order valence-electron chi connectivity index (χ1n) is 6.83. The van der Waals surface area contributed by atoms with E-state index in [9.17, 15) is 4.79 Å². The molecule has 1 aliphatic heterocycles. The van der Waals surface area contributed by atoms with Crippen LogP contribution in [0.3, 0.4) is 0 Å². The van der Waals surface area contributed by atoms with E-state index in [1.807, 2.05) is 0 Å². The Morgan fingerprint density at radius 3 is 3.00 bits per heavy atom. The third-order valence-corrected chi connectivity index (χ3v) is 3.81. The molecule has 0 radical (unpaired) electrons. The van der Waals surface area contributed by atoms with Gasteiger partial charge in [-0.1, -0.05) is 13.3 Å². The summed E-state index contributed by atoms with van der Waals surface area (Å²) in [5.41, 5.74) is 0. The number of carbonyl (C=O) groups excluding carboxylic acids is 1. The minimum absolute atomic E-state index is 0.0613. The van der Waals surface area contributed by atoms with Crippen LogP contribution in [-0.2, 0) is 9.53 Å². The van der Waals surface area contributed by atoms with Crippen LogP contribution in [0.15, 0.2) is 0 Å². The Morgan fingerprint density at radius 2 is 2.35 bits per heavy atom. The maximum atomic E-state index is 11.7. The number of nitrogens with one attached hydrogen (secondary N) is 2. The predicted octanol–water partition coefficient (Wildman–Crippen LogP) is 0.917. The van der Waals surface area contributed by atoms with Crippen molar-refractivity contribution >= 4 is 5.91 Å². The molecule has 1 heterocycles. The van der Waals surface area contributed by atoms with Crippen LogP contribution >= 0.6 is 0 Å². The van der Waals surface area contributed by atoms with Crippen molar-refractivity contribution in [3.63, 3.8) is 0 Å². The summed E-state index contributed by atoms with van der Waals surface area (Å²) in [5.74, 6) is 1.67. The molecule has 0 aromatic carbocycles. The van der Waals surface area contributed by atoms with Gasteiger partial charge in [0.25, 0.3) is 0 Å². The van der Waals surface area contributed by atoms with Gasteiger partial charge in [0.1, 0.15) is 0 Å². The van der Waals surface area contributed by atoms with E-state index >= 15 is 0 Å². The van der Waals surface area contributed by atoms with Gasteiger partial charge in [0, 0.05) is 19.6 Å². The molecule has 3 atom stereocenters. The van der Waals surface area contributed by atoms with Crippen molar-refractivity contribution in [1.82, 2.24) is 10.6 Å². The van der Waals surface area contributed by atoms with Crippen molar-refractivity contribution in [3.05, 3.63) is 0 Å². The molecule has 1 saturated heterocycles. The average molecular weight is 240 g/mol. The van der Waals surface area contributed by atoms with Gasteiger partial charge in [-0.15, -0.1) is 0 Å². The molecule has 0 spiro atoms. The summed E-state index contributed by atoms with van der Waals surface area (Å²) < 4.78 is 5.51. The van der Waals surface area contributed by atoms with Gasteiger partial charge in [-0.05, 0) is 24.7 Å². The second-order valence-electron chi connectivity index (χ2n) is 5.49. The van der Waals surface area contributed by atoms with E-state index in [1.165, 1.54) is 19.3 Å². The topological polar surface area (TPSA) is 50.4 Å². The van der Waals surface area contributed by atoms with E-state index in [4.69, 9.17) is 4.74 Å². The van der Waals surface area contributed by atoms with E-state index in [1.54, 1.807) is 0 Å². The minimum atomic E-state index is 0.0613. The van der Waals surface area contributed by atoms with Gasteiger partial charge in [0.05, 0.1) is 19.1 Å². The van der Waals surface area contributed by atoms with Gasteiger partial charge in [0.15, 0.2) is 0 Å². The van der Waals surface area contributed by atoms with E-state index in [0.29, 0.717) is 12.3 Å². The highest BCUT2D eigenvalue weighted by molar-refractivity contribution is 5.76. The monoisotopic (exact) mass is 240 g/mol. The Morgan fingerprint density at radius 1 is 1.47 bits per heavy atom. The summed E-state index contributed by atoms with van der Waals surface area (Å²) in [4.78, 5) is 11.7.